The Hall–Kier alpha value is -2.22. The Morgan fingerprint density at radius 2 is 0.944 bits per heavy atom. The third-order valence-electron chi connectivity index (χ3n) is 2.89. The van der Waals surface area contributed by atoms with Crippen molar-refractivity contribution in [2.24, 2.45) is 11.5 Å². The van der Waals surface area contributed by atoms with Gasteiger partial charge in [0, 0.05) is 24.2 Å². The number of rotatable bonds is 4. The van der Waals surface area contributed by atoms with Crippen molar-refractivity contribution in [3.05, 3.63) is 83.2 Å². The van der Waals surface area contributed by atoms with Gasteiger partial charge in [-0.2, -0.15) is 0 Å². The minimum atomic E-state index is 0.708. The molecular weight excluding hydrogens is 220 g/mol. The highest BCUT2D eigenvalue weighted by molar-refractivity contribution is 5.26. The SMILES string of the molecule is NC(Cc1ccccc1)=C(N)Cc1ccccc1. The van der Waals surface area contributed by atoms with Gasteiger partial charge in [-0.05, 0) is 11.1 Å². The first-order valence-corrected chi connectivity index (χ1v) is 6.06. The summed E-state index contributed by atoms with van der Waals surface area (Å²) in [5, 5.41) is 0. The van der Waals surface area contributed by atoms with Crippen LogP contribution in [-0.2, 0) is 12.8 Å². The van der Waals surface area contributed by atoms with Gasteiger partial charge in [-0.3, -0.25) is 0 Å². The summed E-state index contributed by atoms with van der Waals surface area (Å²) in [6.07, 6.45) is 1.42. The summed E-state index contributed by atoms with van der Waals surface area (Å²) < 4.78 is 0. The van der Waals surface area contributed by atoms with Crippen molar-refractivity contribution in [1.82, 2.24) is 0 Å². The van der Waals surface area contributed by atoms with E-state index >= 15 is 0 Å². The molecule has 2 heteroatoms. The van der Waals surface area contributed by atoms with Crippen LogP contribution in [0.15, 0.2) is 72.1 Å². The lowest BCUT2D eigenvalue weighted by Crippen LogP contribution is -2.14. The number of hydrogen-bond acceptors (Lipinski definition) is 2. The summed E-state index contributed by atoms with van der Waals surface area (Å²) in [7, 11) is 0. The van der Waals surface area contributed by atoms with E-state index in [0.717, 1.165) is 11.4 Å². The molecule has 0 aliphatic carbocycles. The summed E-state index contributed by atoms with van der Waals surface area (Å²) in [6, 6.07) is 20.3. The zero-order valence-corrected chi connectivity index (χ0v) is 10.3. The lowest BCUT2D eigenvalue weighted by Gasteiger charge is -2.08. The van der Waals surface area contributed by atoms with Gasteiger partial charge in [0.05, 0.1) is 0 Å². The van der Waals surface area contributed by atoms with Gasteiger partial charge in [-0.1, -0.05) is 60.7 Å². The molecule has 0 saturated carbocycles. The van der Waals surface area contributed by atoms with Gasteiger partial charge < -0.3 is 11.5 Å². The van der Waals surface area contributed by atoms with Crippen LogP contribution in [0.2, 0.25) is 0 Å². The standard InChI is InChI=1S/C16H18N2/c17-15(11-13-7-3-1-4-8-13)16(18)12-14-9-5-2-6-10-14/h1-10H,11-12,17-18H2. The maximum absolute atomic E-state index is 6.05. The van der Waals surface area contributed by atoms with Crippen LogP contribution >= 0.6 is 0 Å². The van der Waals surface area contributed by atoms with E-state index in [2.05, 4.69) is 24.3 Å². The van der Waals surface area contributed by atoms with Crippen molar-refractivity contribution in [2.75, 3.05) is 0 Å². The Morgan fingerprint density at radius 3 is 1.28 bits per heavy atom. The molecule has 0 fully saturated rings. The van der Waals surface area contributed by atoms with Gasteiger partial charge in [-0.25, -0.2) is 0 Å². The van der Waals surface area contributed by atoms with Crippen molar-refractivity contribution in [3.63, 3.8) is 0 Å². The van der Waals surface area contributed by atoms with E-state index in [-0.39, 0.29) is 0 Å². The summed E-state index contributed by atoms with van der Waals surface area (Å²) in [6.45, 7) is 0. The highest BCUT2D eigenvalue weighted by Gasteiger charge is 2.02. The maximum Gasteiger partial charge on any atom is 0.0319 e. The average molecular weight is 238 g/mol. The second-order valence-corrected chi connectivity index (χ2v) is 4.38. The van der Waals surface area contributed by atoms with Crippen LogP contribution in [0.5, 0.6) is 0 Å². The van der Waals surface area contributed by atoms with Crippen LogP contribution < -0.4 is 11.5 Å². The lowest BCUT2D eigenvalue weighted by molar-refractivity contribution is 0.986. The predicted molar refractivity (Wildman–Crippen MR) is 75.7 cm³/mol. The highest BCUT2D eigenvalue weighted by Crippen LogP contribution is 2.09. The summed E-state index contributed by atoms with van der Waals surface area (Å²) in [5.74, 6) is 0. The first kappa shape index (κ1) is 12.2. The monoisotopic (exact) mass is 238 g/mol. The van der Waals surface area contributed by atoms with Crippen molar-refractivity contribution in [3.8, 4) is 0 Å². The number of hydrogen-bond donors (Lipinski definition) is 2. The fourth-order valence-electron chi connectivity index (χ4n) is 1.86. The molecule has 4 N–H and O–H groups in total. The molecular formula is C16H18N2. The first-order valence-electron chi connectivity index (χ1n) is 6.06. The number of benzene rings is 2. The van der Waals surface area contributed by atoms with Gasteiger partial charge in [0.15, 0.2) is 0 Å². The zero-order valence-electron chi connectivity index (χ0n) is 10.3. The molecule has 0 aliphatic heterocycles. The summed E-state index contributed by atoms with van der Waals surface area (Å²) in [5.41, 5.74) is 16.0. The minimum Gasteiger partial charge on any atom is -0.400 e. The molecule has 0 atom stereocenters. The molecule has 2 aromatic rings. The molecule has 0 aliphatic rings. The Balaban J connectivity index is 2.06. The minimum absolute atomic E-state index is 0.708. The molecule has 0 radical (unpaired) electrons. The van der Waals surface area contributed by atoms with Crippen LogP contribution in [0.25, 0.3) is 0 Å². The molecule has 2 rings (SSSR count). The van der Waals surface area contributed by atoms with Crippen LogP contribution in [0.4, 0.5) is 0 Å². The van der Waals surface area contributed by atoms with E-state index in [4.69, 9.17) is 11.5 Å². The van der Waals surface area contributed by atoms with Gasteiger partial charge in [-0.15, -0.1) is 0 Å². The van der Waals surface area contributed by atoms with Crippen molar-refractivity contribution < 1.29 is 0 Å². The molecule has 0 amide bonds. The summed E-state index contributed by atoms with van der Waals surface area (Å²) >= 11 is 0. The van der Waals surface area contributed by atoms with Crippen molar-refractivity contribution >= 4 is 0 Å². The third-order valence-corrected chi connectivity index (χ3v) is 2.89. The molecule has 0 bridgehead atoms. The van der Waals surface area contributed by atoms with Crippen molar-refractivity contribution in [1.29, 1.82) is 0 Å². The van der Waals surface area contributed by atoms with E-state index in [1.54, 1.807) is 0 Å². The molecule has 0 unspecified atom stereocenters. The Kier molecular flexibility index (Phi) is 4.02. The second-order valence-electron chi connectivity index (χ2n) is 4.38. The molecule has 18 heavy (non-hydrogen) atoms. The maximum atomic E-state index is 6.05. The van der Waals surface area contributed by atoms with Gasteiger partial charge in [0.2, 0.25) is 0 Å². The quantitative estimate of drug-likeness (QED) is 0.860. The van der Waals surface area contributed by atoms with Gasteiger partial charge in [0.1, 0.15) is 0 Å². The molecule has 2 aromatic carbocycles. The fraction of sp³-hybridized carbons (Fsp3) is 0.125. The zero-order chi connectivity index (χ0) is 12.8. The number of allylic oxidation sites excluding steroid dienone is 2. The van der Waals surface area contributed by atoms with Crippen LogP contribution in [0.3, 0.4) is 0 Å². The molecule has 0 aromatic heterocycles. The predicted octanol–water partition coefficient (Wildman–Crippen LogP) is 2.60. The van der Waals surface area contributed by atoms with E-state index in [1.807, 2.05) is 36.4 Å². The molecule has 0 spiro atoms. The van der Waals surface area contributed by atoms with E-state index in [9.17, 15) is 0 Å². The average Bonchev–Trinajstić information content (AvgIpc) is 2.41. The summed E-state index contributed by atoms with van der Waals surface area (Å²) in [4.78, 5) is 0. The van der Waals surface area contributed by atoms with Crippen LogP contribution in [0, 0.1) is 0 Å². The van der Waals surface area contributed by atoms with E-state index in [0.29, 0.717) is 12.8 Å². The topological polar surface area (TPSA) is 52.0 Å². The Bertz CT molecular complexity index is 466. The van der Waals surface area contributed by atoms with E-state index in [1.165, 1.54) is 11.1 Å². The molecule has 0 heterocycles. The highest BCUT2D eigenvalue weighted by atomic mass is 14.7. The lowest BCUT2D eigenvalue weighted by atomic mass is 10.1. The molecule has 0 saturated heterocycles. The number of nitrogens with two attached hydrogens (primary N) is 2. The molecule has 2 nitrogen and oxygen atoms in total. The Morgan fingerprint density at radius 1 is 0.611 bits per heavy atom. The van der Waals surface area contributed by atoms with E-state index < -0.39 is 0 Å². The second kappa shape index (κ2) is 5.92. The third kappa shape index (κ3) is 3.39. The molecule has 92 valence electrons. The largest absolute Gasteiger partial charge is 0.400 e. The first-order chi connectivity index (χ1) is 8.75. The fourth-order valence-corrected chi connectivity index (χ4v) is 1.86. The Labute approximate surface area is 108 Å². The normalized spacial score (nSPS) is 12.0. The van der Waals surface area contributed by atoms with Crippen LogP contribution in [0.1, 0.15) is 11.1 Å². The van der Waals surface area contributed by atoms with Gasteiger partial charge in [0.25, 0.3) is 0 Å². The smallest absolute Gasteiger partial charge is 0.0319 e. The van der Waals surface area contributed by atoms with Crippen LogP contribution in [-0.4, -0.2) is 0 Å². The van der Waals surface area contributed by atoms with Gasteiger partial charge >= 0.3 is 0 Å². The van der Waals surface area contributed by atoms with Crippen molar-refractivity contribution in [2.45, 2.75) is 12.8 Å².